The summed E-state index contributed by atoms with van der Waals surface area (Å²) in [4.78, 5) is 18.4. The topological polar surface area (TPSA) is 65.5 Å². The molecule has 142 valence electrons. The van der Waals surface area contributed by atoms with Crippen molar-refractivity contribution in [2.45, 2.75) is 51.2 Å². The van der Waals surface area contributed by atoms with E-state index in [1.54, 1.807) is 6.20 Å². The molecule has 4 aliphatic rings. The van der Waals surface area contributed by atoms with Gasteiger partial charge in [-0.2, -0.15) is 0 Å². The third kappa shape index (κ3) is 3.79. The zero-order chi connectivity index (χ0) is 18.1. The van der Waals surface area contributed by atoms with Gasteiger partial charge in [0.25, 0.3) is 0 Å². The van der Waals surface area contributed by atoms with Crippen LogP contribution in [-0.2, 0) is 11.3 Å². The number of carbonyl (C=O) groups excluding carboxylic acids is 1. The summed E-state index contributed by atoms with van der Waals surface area (Å²) < 4.78 is 0. The normalized spacial score (nSPS) is 33.4. The maximum Gasteiger partial charge on any atom is 0.234 e. The summed E-state index contributed by atoms with van der Waals surface area (Å²) in [5, 5.41) is 13.9. The summed E-state index contributed by atoms with van der Waals surface area (Å²) in [6, 6.07) is 3.92. The molecule has 4 saturated carbocycles. The van der Waals surface area contributed by atoms with Gasteiger partial charge in [-0.05, 0) is 80.4 Å². The van der Waals surface area contributed by atoms with Crippen molar-refractivity contribution in [3.63, 3.8) is 0 Å². The Balaban J connectivity index is 1.25. The zero-order valence-corrected chi connectivity index (χ0v) is 15.7. The third-order valence-electron chi connectivity index (χ3n) is 6.87. The Labute approximate surface area is 156 Å². The lowest BCUT2D eigenvalue weighted by Crippen LogP contribution is -2.54. The fourth-order valence-electron chi connectivity index (χ4n) is 6.17. The number of nitrogens with one attached hydrogen (secondary N) is 1. The summed E-state index contributed by atoms with van der Waals surface area (Å²) >= 11 is 0. The first-order chi connectivity index (χ1) is 12.5. The highest BCUT2D eigenvalue weighted by molar-refractivity contribution is 5.78. The van der Waals surface area contributed by atoms with Gasteiger partial charge in [-0.25, -0.2) is 0 Å². The molecule has 4 fully saturated rings. The van der Waals surface area contributed by atoms with Crippen LogP contribution in [0.25, 0.3) is 0 Å². The van der Waals surface area contributed by atoms with Crippen LogP contribution in [0.5, 0.6) is 0 Å². The zero-order valence-electron chi connectivity index (χ0n) is 15.7. The molecule has 5 nitrogen and oxygen atoms in total. The maximum atomic E-state index is 12.3. The van der Waals surface area contributed by atoms with E-state index in [9.17, 15) is 9.90 Å². The van der Waals surface area contributed by atoms with E-state index in [1.165, 1.54) is 19.3 Å². The first-order valence-corrected chi connectivity index (χ1v) is 10.0. The first kappa shape index (κ1) is 17.9. The number of hydrogen-bond donors (Lipinski definition) is 2. The van der Waals surface area contributed by atoms with E-state index in [-0.39, 0.29) is 11.3 Å². The van der Waals surface area contributed by atoms with E-state index >= 15 is 0 Å². The van der Waals surface area contributed by atoms with Gasteiger partial charge >= 0.3 is 0 Å². The molecule has 1 heterocycles. The molecule has 5 heteroatoms. The highest BCUT2D eigenvalue weighted by atomic mass is 16.3. The maximum absolute atomic E-state index is 12.3. The predicted octanol–water partition coefficient (Wildman–Crippen LogP) is 2.21. The number of amides is 1. The Morgan fingerprint density at radius 2 is 1.96 bits per heavy atom. The van der Waals surface area contributed by atoms with Gasteiger partial charge < -0.3 is 10.4 Å². The lowest BCUT2D eigenvalue weighted by molar-refractivity contribution is -0.129. The number of rotatable bonds is 7. The standard InChI is InChI=1S/C21H31N3O2/c1-24(13-15-3-2-4-22-11-15)14-20(26)23-12-19(25)21-8-16-5-17(9-21)7-18(6-16)10-21/h2-4,11,16-19,25H,5-10,12-14H2,1H3,(H,23,26)/t16?,17?,18?,19-,21?/m0/s1. The van der Waals surface area contributed by atoms with Gasteiger partial charge in [0.15, 0.2) is 0 Å². The number of aliphatic hydroxyl groups is 1. The van der Waals surface area contributed by atoms with Gasteiger partial charge in [-0.15, -0.1) is 0 Å². The lowest BCUT2D eigenvalue weighted by atomic mass is 9.48. The molecular formula is C21H31N3O2. The van der Waals surface area contributed by atoms with Crippen LogP contribution < -0.4 is 5.32 Å². The smallest absolute Gasteiger partial charge is 0.234 e. The quantitative estimate of drug-likeness (QED) is 0.785. The van der Waals surface area contributed by atoms with Crippen LogP contribution in [-0.4, -0.2) is 47.1 Å². The average Bonchev–Trinajstić information content (AvgIpc) is 2.59. The van der Waals surface area contributed by atoms with Gasteiger partial charge in [0.05, 0.1) is 12.6 Å². The first-order valence-electron chi connectivity index (χ1n) is 10.0. The summed E-state index contributed by atoms with van der Waals surface area (Å²) in [6.45, 7) is 1.42. The van der Waals surface area contributed by atoms with Crippen LogP contribution in [0.2, 0.25) is 0 Å². The molecule has 0 saturated heterocycles. The van der Waals surface area contributed by atoms with Crippen LogP contribution in [0.15, 0.2) is 24.5 Å². The Morgan fingerprint density at radius 3 is 2.54 bits per heavy atom. The molecule has 2 N–H and O–H groups in total. The van der Waals surface area contributed by atoms with Gasteiger partial charge in [-0.1, -0.05) is 6.07 Å². The Kier molecular flexibility index (Phi) is 5.02. The molecule has 1 aromatic heterocycles. The number of carbonyl (C=O) groups is 1. The van der Waals surface area contributed by atoms with E-state index in [1.807, 2.05) is 30.3 Å². The van der Waals surface area contributed by atoms with Crippen molar-refractivity contribution >= 4 is 5.91 Å². The minimum Gasteiger partial charge on any atom is -0.391 e. The summed E-state index contributed by atoms with van der Waals surface area (Å²) in [6.07, 6.45) is 10.8. The predicted molar refractivity (Wildman–Crippen MR) is 100 cm³/mol. The fraction of sp³-hybridized carbons (Fsp3) is 0.714. The molecule has 5 rings (SSSR count). The molecule has 0 unspecified atom stereocenters. The van der Waals surface area contributed by atoms with E-state index in [2.05, 4.69) is 10.3 Å². The number of aromatic nitrogens is 1. The van der Waals surface area contributed by atoms with Crippen molar-refractivity contribution in [3.8, 4) is 0 Å². The molecule has 1 atom stereocenters. The molecule has 1 amide bonds. The molecule has 0 aromatic carbocycles. The minimum atomic E-state index is -0.400. The Morgan fingerprint density at radius 1 is 1.31 bits per heavy atom. The number of nitrogens with zero attached hydrogens (tertiary/aromatic N) is 2. The van der Waals surface area contributed by atoms with E-state index in [0.29, 0.717) is 19.6 Å². The lowest BCUT2D eigenvalue weighted by Gasteiger charge is -2.58. The van der Waals surface area contributed by atoms with Crippen molar-refractivity contribution in [2.24, 2.45) is 23.2 Å². The molecule has 1 aromatic rings. The van der Waals surface area contributed by atoms with Gasteiger partial charge in [0.2, 0.25) is 5.91 Å². The van der Waals surface area contributed by atoms with Crippen LogP contribution in [0.3, 0.4) is 0 Å². The summed E-state index contributed by atoms with van der Waals surface area (Å²) in [7, 11) is 1.93. The van der Waals surface area contributed by atoms with Crippen LogP contribution in [0.4, 0.5) is 0 Å². The second kappa shape index (κ2) is 7.28. The van der Waals surface area contributed by atoms with Crippen molar-refractivity contribution in [3.05, 3.63) is 30.1 Å². The van der Waals surface area contributed by atoms with Crippen molar-refractivity contribution < 1.29 is 9.90 Å². The number of aliphatic hydroxyl groups excluding tert-OH is 1. The molecule has 26 heavy (non-hydrogen) atoms. The van der Waals surface area contributed by atoms with Crippen LogP contribution >= 0.6 is 0 Å². The van der Waals surface area contributed by atoms with Crippen molar-refractivity contribution in [1.82, 2.24) is 15.2 Å². The Hall–Kier alpha value is -1.46. The second-order valence-electron chi connectivity index (χ2n) is 9.13. The van der Waals surface area contributed by atoms with E-state index < -0.39 is 6.10 Å². The molecule has 4 aliphatic carbocycles. The van der Waals surface area contributed by atoms with Crippen LogP contribution in [0, 0.1) is 23.2 Å². The highest BCUT2D eigenvalue weighted by Crippen LogP contribution is 2.61. The number of hydrogen-bond acceptors (Lipinski definition) is 4. The largest absolute Gasteiger partial charge is 0.391 e. The molecule has 0 aliphatic heterocycles. The SMILES string of the molecule is CN(CC(=O)NC[C@H](O)C12CC3CC(CC(C3)C1)C2)Cc1cccnc1. The van der Waals surface area contributed by atoms with Crippen LogP contribution in [0.1, 0.15) is 44.1 Å². The molecule has 0 spiro atoms. The third-order valence-corrected chi connectivity index (χ3v) is 6.87. The number of likely N-dealkylation sites (N-methyl/N-ethyl adjacent to an activating group) is 1. The molecular weight excluding hydrogens is 326 g/mol. The van der Waals surface area contributed by atoms with Gasteiger partial charge in [0.1, 0.15) is 0 Å². The number of pyridine rings is 1. The summed E-state index contributed by atoms with van der Waals surface area (Å²) in [5.41, 5.74) is 1.17. The Bertz CT molecular complexity index is 598. The highest BCUT2D eigenvalue weighted by Gasteiger charge is 2.53. The van der Waals surface area contributed by atoms with Crippen molar-refractivity contribution in [1.29, 1.82) is 0 Å². The summed E-state index contributed by atoms with van der Waals surface area (Å²) in [5.74, 6) is 2.44. The molecule has 4 bridgehead atoms. The molecule has 0 radical (unpaired) electrons. The van der Waals surface area contributed by atoms with Gasteiger partial charge in [-0.3, -0.25) is 14.7 Å². The van der Waals surface area contributed by atoms with Gasteiger partial charge in [0, 0.05) is 25.5 Å². The fourth-order valence-corrected chi connectivity index (χ4v) is 6.17. The van der Waals surface area contributed by atoms with Crippen molar-refractivity contribution in [2.75, 3.05) is 20.1 Å². The minimum absolute atomic E-state index is 0.0137. The second-order valence-corrected chi connectivity index (χ2v) is 9.13. The average molecular weight is 357 g/mol. The monoisotopic (exact) mass is 357 g/mol. The van der Waals surface area contributed by atoms with E-state index in [0.717, 1.165) is 42.6 Å². The van der Waals surface area contributed by atoms with E-state index in [4.69, 9.17) is 0 Å².